The molecule has 1 aliphatic carbocycles. The Bertz CT molecular complexity index is 1230. The van der Waals surface area contributed by atoms with Crippen molar-refractivity contribution >= 4 is 34.1 Å². The van der Waals surface area contributed by atoms with Crippen LogP contribution in [0.3, 0.4) is 0 Å². The molecule has 0 fully saturated rings. The Labute approximate surface area is 205 Å². The molecule has 0 unspecified atom stereocenters. The number of aliphatic imine (C=N–C) groups is 1. The summed E-state index contributed by atoms with van der Waals surface area (Å²) >= 11 is 1.62. The fourth-order valence-corrected chi connectivity index (χ4v) is 5.55. The third-order valence-electron chi connectivity index (χ3n) is 6.22. The van der Waals surface area contributed by atoms with Gasteiger partial charge in [-0.1, -0.05) is 51.1 Å². The molecular formula is C28H29N3O2S. The summed E-state index contributed by atoms with van der Waals surface area (Å²) in [6.45, 7) is 6.87. The fraction of sp³-hybridized carbons (Fsp3) is 0.321. The van der Waals surface area contributed by atoms with Gasteiger partial charge in [0.05, 0.1) is 5.56 Å². The molecular weight excluding hydrogens is 442 g/mol. The number of hydrogen-bond donors (Lipinski definition) is 1. The molecule has 1 aliphatic rings. The maximum atomic E-state index is 13.4. The number of anilines is 1. The van der Waals surface area contributed by atoms with Crippen molar-refractivity contribution in [2.24, 2.45) is 16.3 Å². The number of rotatable bonds is 6. The molecule has 5 nitrogen and oxygen atoms in total. The monoisotopic (exact) mass is 471 g/mol. The first-order chi connectivity index (χ1) is 16.3. The van der Waals surface area contributed by atoms with E-state index in [0.717, 1.165) is 41.1 Å². The molecule has 1 aromatic heterocycles. The van der Waals surface area contributed by atoms with E-state index in [0.29, 0.717) is 17.2 Å². The number of para-hydroxylation sites is 1. The maximum absolute atomic E-state index is 13.4. The van der Waals surface area contributed by atoms with Gasteiger partial charge in [-0.05, 0) is 66.0 Å². The number of hydrogen-bond acceptors (Lipinski definition) is 5. The Balaban J connectivity index is 1.67. The zero-order valence-corrected chi connectivity index (χ0v) is 20.6. The third kappa shape index (κ3) is 5.55. The van der Waals surface area contributed by atoms with Crippen LogP contribution in [0.4, 0.5) is 10.7 Å². The van der Waals surface area contributed by atoms with Gasteiger partial charge in [0.15, 0.2) is 6.61 Å². The van der Waals surface area contributed by atoms with Crippen LogP contribution >= 0.6 is 11.3 Å². The highest BCUT2D eigenvalue weighted by Crippen LogP contribution is 2.45. The van der Waals surface area contributed by atoms with E-state index in [4.69, 9.17) is 15.0 Å². The molecule has 4 rings (SSSR count). The zero-order chi connectivity index (χ0) is 24.1. The first kappa shape index (κ1) is 23.7. The van der Waals surface area contributed by atoms with Crippen molar-refractivity contribution in [3.05, 3.63) is 76.2 Å². The quantitative estimate of drug-likeness (QED) is 0.402. The van der Waals surface area contributed by atoms with Crippen LogP contribution in [0.15, 0.2) is 59.6 Å². The van der Waals surface area contributed by atoms with Gasteiger partial charge in [0.2, 0.25) is 0 Å². The molecule has 34 heavy (non-hydrogen) atoms. The molecule has 0 radical (unpaired) electrons. The van der Waals surface area contributed by atoms with Gasteiger partial charge in [0.1, 0.15) is 16.8 Å². The summed E-state index contributed by atoms with van der Waals surface area (Å²) in [5.74, 6) is 1.08. The van der Waals surface area contributed by atoms with Crippen LogP contribution in [-0.4, -0.2) is 18.7 Å². The largest absolute Gasteiger partial charge is 0.479 e. The number of thiophene rings is 1. The summed E-state index contributed by atoms with van der Waals surface area (Å²) in [5, 5.41) is 12.5. The van der Waals surface area contributed by atoms with Crippen molar-refractivity contribution < 1.29 is 9.53 Å². The van der Waals surface area contributed by atoms with Crippen LogP contribution in [0.5, 0.6) is 5.75 Å². The zero-order valence-electron chi connectivity index (χ0n) is 19.8. The SMILES string of the molecule is CC(C)(C)[C@@H]1CCc2c(sc(N=Cc3cccc(OCC#N)c3)c2C(=O)Nc2ccccc2)C1. The molecule has 174 valence electrons. The number of amides is 1. The smallest absolute Gasteiger partial charge is 0.259 e. The average molecular weight is 472 g/mol. The summed E-state index contributed by atoms with van der Waals surface area (Å²) < 4.78 is 5.40. The van der Waals surface area contributed by atoms with Crippen molar-refractivity contribution in [2.45, 2.75) is 40.0 Å². The molecule has 6 heteroatoms. The van der Waals surface area contributed by atoms with Crippen LogP contribution in [0, 0.1) is 22.7 Å². The topological polar surface area (TPSA) is 74.5 Å². The summed E-state index contributed by atoms with van der Waals surface area (Å²) in [6.07, 6.45) is 4.69. The van der Waals surface area contributed by atoms with Crippen LogP contribution in [-0.2, 0) is 12.8 Å². The lowest BCUT2D eigenvalue weighted by molar-refractivity contribution is 0.102. The number of nitrogens with one attached hydrogen (secondary N) is 1. The summed E-state index contributed by atoms with van der Waals surface area (Å²) in [7, 11) is 0. The minimum Gasteiger partial charge on any atom is -0.479 e. The minimum atomic E-state index is -0.115. The van der Waals surface area contributed by atoms with E-state index < -0.39 is 0 Å². The van der Waals surface area contributed by atoms with Gasteiger partial charge in [-0.15, -0.1) is 11.3 Å². The number of nitrogens with zero attached hydrogens (tertiary/aromatic N) is 2. The number of ether oxygens (including phenoxy) is 1. The van der Waals surface area contributed by atoms with Crippen LogP contribution in [0.1, 0.15) is 53.6 Å². The highest BCUT2D eigenvalue weighted by molar-refractivity contribution is 7.16. The van der Waals surface area contributed by atoms with E-state index in [1.54, 1.807) is 17.6 Å². The number of benzene rings is 2. The van der Waals surface area contributed by atoms with Crippen molar-refractivity contribution in [1.82, 2.24) is 0 Å². The summed E-state index contributed by atoms with van der Waals surface area (Å²) in [5.41, 5.74) is 3.67. The van der Waals surface area contributed by atoms with E-state index in [2.05, 4.69) is 26.1 Å². The van der Waals surface area contributed by atoms with E-state index in [1.165, 1.54) is 4.88 Å². The average Bonchev–Trinajstić information content (AvgIpc) is 3.19. The van der Waals surface area contributed by atoms with Gasteiger partial charge in [-0.3, -0.25) is 4.79 Å². The third-order valence-corrected chi connectivity index (χ3v) is 7.38. The van der Waals surface area contributed by atoms with Gasteiger partial charge >= 0.3 is 0 Å². The summed E-state index contributed by atoms with van der Waals surface area (Å²) in [6, 6.07) is 18.9. The first-order valence-corrected chi connectivity index (χ1v) is 12.3. The lowest BCUT2D eigenvalue weighted by Gasteiger charge is -2.33. The predicted octanol–water partition coefficient (Wildman–Crippen LogP) is 6.80. The Morgan fingerprint density at radius 3 is 2.76 bits per heavy atom. The molecule has 2 aromatic carbocycles. The van der Waals surface area contributed by atoms with E-state index in [9.17, 15) is 4.79 Å². The lowest BCUT2D eigenvalue weighted by Crippen LogP contribution is -2.27. The second-order valence-corrected chi connectivity index (χ2v) is 10.7. The Morgan fingerprint density at radius 1 is 1.24 bits per heavy atom. The van der Waals surface area contributed by atoms with Crippen LogP contribution in [0.2, 0.25) is 0 Å². The van der Waals surface area contributed by atoms with Crippen molar-refractivity contribution in [1.29, 1.82) is 5.26 Å². The number of nitriles is 1. The van der Waals surface area contributed by atoms with Gasteiger partial charge in [0.25, 0.3) is 5.91 Å². The second-order valence-electron chi connectivity index (χ2n) is 9.59. The molecule has 3 aromatic rings. The lowest BCUT2D eigenvalue weighted by atomic mass is 9.72. The van der Waals surface area contributed by atoms with Crippen molar-refractivity contribution in [3.8, 4) is 11.8 Å². The normalized spacial score (nSPS) is 15.5. The number of carbonyl (C=O) groups excluding carboxylic acids is 1. The van der Waals surface area contributed by atoms with Gasteiger partial charge in [-0.2, -0.15) is 5.26 Å². The molecule has 0 spiro atoms. The molecule has 0 aliphatic heterocycles. The Kier molecular flexibility index (Phi) is 7.14. The van der Waals surface area contributed by atoms with Gasteiger partial charge in [0, 0.05) is 16.8 Å². The molecule has 1 amide bonds. The van der Waals surface area contributed by atoms with Crippen LogP contribution < -0.4 is 10.1 Å². The van der Waals surface area contributed by atoms with E-state index >= 15 is 0 Å². The maximum Gasteiger partial charge on any atom is 0.259 e. The Hall–Kier alpha value is -3.43. The van der Waals surface area contributed by atoms with Gasteiger partial charge < -0.3 is 10.1 Å². The molecule has 1 atom stereocenters. The second kappa shape index (κ2) is 10.2. The molecule has 0 saturated carbocycles. The number of carbonyl (C=O) groups is 1. The minimum absolute atomic E-state index is 0.00299. The highest BCUT2D eigenvalue weighted by Gasteiger charge is 2.33. The Morgan fingerprint density at radius 2 is 2.03 bits per heavy atom. The molecule has 0 saturated heterocycles. The first-order valence-electron chi connectivity index (χ1n) is 11.5. The van der Waals surface area contributed by atoms with E-state index in [-0.39, 0.29) is 17.9 Å². The van der Waals surface area contributed by atoms with Crippen molar-refractivity contribution in [2.75, 3.05) is 11.9 Å². The fourth-order valence-electron chi connectivity index (χ4n) is 4.28. The summed E-state index contributed by atoms with van der Waals surface area (Å²) in [4.78, 5) is 19.4. The van der Waals surface area contributed by atoms with Crippen molar-refractivity contribution in [3.63, 3.8) is 0 Å². The predicted molar refractivity (Wildman–Crippen MR) is 138 cm³/mol. The highest BCUT2D eigenvalue weighted by atomic mass is 32.1. The van der Waals surface area contributed by atoms with Gasteiger partial charge in [-0.25, -0.2) is 4.99 Å². The molecule has 0 bridgehead atoms. The molecule has 1 N–H and O–H groups in total. The van der Waals surface area contributed by atoms with E-state index in [1.807, 2.05) is 60.7 Å². The van der Waals surface area contributed by atoms with Crippen LogP contribution in [0.25, 0.3) is 0 Å². The standard InChI is InChI=1S/C28H29N3O2S/c1-28(2,3)20-12-13-23-24(17-20)34-27(25(23)26(32)31-21-9-5-4-6-10-21)30-18-19-8-7-11-22(16-19)33-15-14-29/h4-11,16,18,20H,12-13,15,17H2,1-3H3,(H,31,32)/t20-/m1/s1. The molecule has 1 heterocycles. The number of fused-ring (bicyclic) bond motifs is 1.